The standard InChI is InChI=1S/2C10H10O3.C4H11NO2/c2*1-13-9-5-2-8(3-6-9)4-7-10(11)12;6-3-1-5-2-4-7/h2*2-7H,1H3,(H,11,12);5-7H,1-4H2. The number of rotatable bonds is 10. The molecular weight excluding hydrogens is 430 g/mol. The van der Waals surface area contributed by atoms with Gasteiger partial charge in [-0.15, -0.1) is 0 Å². The molecule has 0 aliphatic heterocycles. The fourth-order valence-corrected chi connectivity index (χ4v) is 2.05. The van der Waals surface area contributed by atoms with Crippen LogP contribution in [0.25, 0.3) is 12.2 Å². The summed E-state index contributed by atoms with van der Waals surface area (Å²) in [4.78, 5) is 20.4. The number of ether oxygens (including phenoxy) is 2. The fourth-order valence-electron chi connectivity index (χ4n) is 2.05. The van der Waals surface area contributed by atoms with Crippen molar-refractivity contribution in [2.24, 2.45) is 0 Å². The zero-order valence-corrected chi connectivity index (χ0v) is 18.7. The van der Waals surface area contributed by atoms with E-state index in [9.17, 15) is 9.59 Å². The molecule has 0 aromatic heterocycles. The molecule has 0 aliphatic carbocycles. The number of carbonyl (C=O) groups is 2. The van der Waals surface area contributed by atoms with Gasteiger partial charge in [0.25, 0.3) is 0 Å². The topological polar surface area (TPSA) is 146 Å². The van der Waals surface area contributed by atoms with Crippen LogP contribution in [0.4, 0.5) is 0 Å². The molecule has 0 saturated carbocycles. The minimum atomic E-state index is -0.948. The average molecular weight is 462 g/mol. The van der Waals surface area contributed by atoms with Crippen LogP contribution >= 0.6 is 0 Å². The Bertz CT molecular complexity index is 774. The molecule has 2 aromatic rings. The smallest absolute Gasteiger partial charge is 0.328 e. The van der Waals surface area contributed by atoms with Gasteiger partial charge in [0.15, 0.2) is 0 Å². The SMILES string of the molecule is COc1ccc(C=CC(=O)O)cc1.COc1ccc(C=CC(=O)O)cc1.OCCNCCO. The molecule has 2 aromatic carbocycles. The fraction of sp³-hybridized carbons (Fsp3) is 0.250. The lowest BCUT2D eigenvalue weighted by Crippen LogP contribution is -2.21. The molecule has 0 aliphatic rings. The lowest BCUT2D eigenvalue weighted by Gasteiger charge is -1.98. The van der Waals surface area contributed by atoms with Crippen molar-refractivity contribution in [1.29, 1.82) is 0 Å². The number of aliphatic hydroxyl groups is 2. The van der Waals surface area contributed by atoms with E-state index in [1.807, 2.05) is 0 Å². The van der Waals surface area contributed by atoms with Crippen molar-refractivity contribution in [3.05, 3.63) is 71.8 Å². The lowest BCUT2D eigenvalue weighted by molar-refractivity contribution is -0.132. The first-order chi connectivity index (χ1) is 15.9. The maximum absolute atomic E-state index is 10.2. The minimum absolute atomic E-state index is 0.139. The summed E-state index contributed by atoms with van der Waals surface area (Å²) in [6, 6.07) is 14.3. The maximum atomic E-state index is 10.2. The first-order valence-electron chi connectivity index (χ1n) is 9.88. The zero-order chi connectivity index (χ0) is 24.9. The molecule has 0 fully saturated rings. The molecule has 9 heteroatoms. The van der Waals surface area contributed by atoms with Crippen LogP contribution in [0, 0.1) is 0 Å². The number of aliphatic hydroxyl groups excluding tert-OH is 2. The molecule has 0 saturated heterocycles. The quantitative estimate of drug-likeness (QED) is 0.265. The molecule has 0 radical (unpaired) electrons. The number of carboxylic acids is 2. The maximum Gasteiger partial charge on any atom is 0.328 e. The van der Waals surface area contributed by atoms with Gasteiger partial charge in [-0.3, -0.25) is 0 Å². The molecule has 0 spiro atoms. The minimum Gasteiger partial charge on any atom is -0.497 e. The van der Waals surface area contributed by atoms with Crippen LogP contribution in [0.2, 0.25) is 0 Å². The van der Waals surface area contributed by atoms with Gasteiger partial charge in [-0.25, -0.2) is 9.59 Å². The molecule has 5 N–H and O–H groups in total. The second-order valence-electron chi connectivity index (χ2n) is 6.09. The van der Waals surface area contributed by atoms with Crippen molar-refractivity contribution in [2.45, 2.75) is 0 Å². The third kappa shape index (κ3) is 16.7. The van der Waals surface area contributed by atoms with Crippen LogP contribution in [-0.4, -0.2) is 72.9 Å². The summed E-state index contributed by atoms with van der Waals surface area (Å²) in [5.41, 5.74) is 1.67. The van der Waals surface area contributed by atoms with E-state index in [0.29, 0.717) is 13.1 Å². The summed E-state index contributed by atoms with van der Waals surface area (Å²) in [5, 5.41) is 35.8. The van der Waals surface area contributed by atoms with Crippen molar-refractivity contribution >= 4 is 24.1 Å². The van der Waals surface area contributed by atoms with E-state index >= 15 is 0 Å². The molecule has 9 nitrogen and oxygen atoms in total. The van der Waals surface area contributed by atoms with Gasteiger partial charge in [-0.2, -0.15) is 0 Å². The van der Waals surface area contributed by atoms with Crippen LogP contribution in [0.15, 0.2) is 60.7 Å². The highest BCUT2D eigenvalue weighted by Gasteiger charge is 1.92. The zero-order valence-electron chi connectivity index (χ0n) is 18.7. The van der Waals surface area contributed by atoms with E-state index in [1.165, 1.54) is 12.2 Å². The van der Waals surface area contributed by atoms with Crippen LogP contribution in [-0.2, 0) is 9.59 Å². The molecule has 0 unspecified atom stereocenters. The van der Waals surface area contributed by atoms with E-state index in [0.717, 1.165) is 34.8 Å². The molecule has 0 atom stereocenters. The number of benzene rings is 2. The second-order valence-corrected chi connectivity index (χ2v) is 6.09. The van der Waals surface area contributed by atoms with Gasteiger partial charge in [0.1, 0.15) is 11.5 Å². The van der Waals surface area contributed by atoms with Crippen molar-refractivity contribution < 1.29 is 39.5 Å². The van der Waals surface area contributed by atoms with Gasteiger partial charge in [-0.1, -0.05) is 24.3 Å². The first kappa shape index (κ1) is 29.3. The Kier molecular flexibility index (Phi) is 16.9. The van der Waals surface area contributed by atoms with E-state index in [2.05, 4.69) is 5.32 Å². The Morgan fingerprint density at radius 2 is 1.06 bits per heavy atom. The van der Waals surface area contributed by atoms with Gasteiger partial charge in [-0.05, 0) is 47.5 Å². The highest BCUT2D eigenvalue weighted by Crippen LogP contribution is 2.12. The molecule has 0 bridgehead atoms. The molecule has 2 rings (SSSR count). The third-order valence-corrected chi connectivity index (χ3v) is 3.65. The van der Waals surface area contributed by atoms with Crippen LogP contribution in [0.3, 0.4) is 0 Å². The molecule has 180 valence electrons. The van der Waals surface area contributed by atoms with E-state index < -0.39 is 11.9 Å². The molecule has 0 heterocycles. The second kappa shape index (κ2) is 19.1. The largest absolute Gasteiger partial charge is 0.497 e. The molecular formula is C24H31NO8. The summed E-state index contributed by atoms with van der Waals surface area (Å²) in [5.74, 6) is -0.383. The summed E-state index contributed by atoms with van der Waals surface area (Å²) < 4.78 is 9.91. The summed E-state index contributed by atoms with van der Waals surface area (Å²) in [6.45, 7) is 1.42. The van der Waals surface area contributed by atoms with Crippen molar-refractivity contribution in [3.63, 3.8) is 0 Å². The van der Waals surface area contributed by atoms with Gasteiger partial charge in [0.2, 0.25) is 0 Å². The number of hydrogen-bond donors (Lipinski definition) is 5. The molecule has 33 heavy (non-hydrogen) atoms. The number of methoxy groups -OCH3 is 2. The lowest BCUT2D eigenvalue weighted by atomic mass is 10.2. The predicted molar refractivity (Wildman–Crippen MR) is 126 cm³/mol. The number of carboxylic acid groups (broad SMARTS) is 2. The van der Waals surface area contributed by atoms with Crippen LogP contribution in [0.5, 0.6) is 11.5 Å². The average Bonchev–Trinajstić information content (AvgIpc) is 2.83. The Morgan fingerprint density at radius 1 is 0.727 bits per heavy atom. The third-order valence-electron chi connectivity index (χ3n) is 3.65. The number of nitrogens with one attached hydrogen (secondary N) is 1. The highest BCUT2D eigenvalue weighted by atomic mass is 16.5. The van der Waals surface area contributed by atoms with E-state index in [-0.39, 0.29) is 13.2 Å². The van der Waals surface area contributed by atoms with Gasteiger partial charge in [0, 0.05) is 25.2 Å². The van der Waals surface area contributed by atoms with Gasteiger partial charge in [0.05, 0.1) is 27.4 Å². The Morgan fingerprint density at radius 3 is 1.30 bits per heavy atom. The van der Waals surface area contributed by atoms with Crippen LogP contribution < -0.4 is 14.8 Å². The molecule has 0 amide bonds. The summed E-state index contributed by atoms with van der Waals surface area (Å²) in [6.07, 6.45) is 5.26. The van der Waals surface area contributed by atoms with Crippen molar-refractivity contribution in [1.82, 2.24) is 5.32 Å². The highest BCUT2D eigenvalue weighted by molar-refractivity contribution is 5.85. The first-order valence-corrected chi connectivity index (χ1v) is 9.88. The summed E-state index contributed by atoms with van der Waals surface area (Å²) >= 11 is 0. The normalized spacial score (nSPS) is 10.1. The Hall–Kier alpha value is -3.66. The Labute approximate surface area is 193 Å². The van der Waals surface area contributed by atoms with E-state index in [1.54, 1.807) is 62.8 Å². The Balaban J connectivity index is 0.000000490. The number of hydrogen-bond acceptors (Lipinski definition) is 7. The predicted octanol–water partition coefficient (Wildman–Crippen LogP) is 2.15. The van der Waals surface area contributed by atoms with E-state index in [4.69, 9.17) is 29.9 Å². The van der Waals surface area contributed by atoms with Gasteiger partial charge < -0.3 is 35.2 Å². The van der Waals surface area contributed by atoms with Gasteiger partial charge >= 0.3 is 11.9 Å². The van der Waals surface area contributed by atoms with Crippen molar-refractivity contribution in [2.75, 3.05) is 40.5 Å². The summed E-state index contributed by atoms with van der Waals surface area (Å²) in [7, 11) is 3.17. The van der Waals surface area contributed by atoms with Crippen molar-refractivity contribution in [3.8, 4) is 11.5 Å². The van der Waals surface area contributed by atoms with Crippen LogP contribution in [0.1, 0.15) is 11.1 Å². The number of aliphatic carboxylic acids is 2. The monoisotopic (exact) mass is 461 g/mol.